The fourth-order valence-electron chi connectivity index (χ4n) is 4.71. The molecular formula is C17H19NO. The maximum Gasteiger partial charge on any atom is 0.131 e. The predicted molar refractivity (Wildman–Crippen MR) is 73.1 cm³/mol. The topological polar surface area (TPSA) is 33.1 Å². The highest BCUT2D eigenvalue weighted by Gasteiger charge is 2.55. The van der Waals surface area contributed by atoms with Crippen molar-refractivity contribution in [1.82, 2.24) is 4.98 Å². The molecule has 1 aromatic heterocycles. The molecule has 2 heteroatoms. The van der Waals surface area contributed by atoms with Crippen molar-refractivity contribution < 1.29 is 5.11 Å². The Morgan fingerprint density at radius 1 is 1.05 bits per heavy atom. The summed E-state index contributed by atoms with van der Waals surface area (Å²) in [5.41, 5.74) is 0.0232. The Morgan fingerprint density at radius 3 is 2.32 bits per heavy atom. The third kappa shape index (κ3) is 1.80. The highest BCUT2D eigenvalue weighted by Crippen LogP contribution is 2.58. The average Bonchev–Trinajstić information content (AvgIpc) is 2.43. The summed E-state index contributed by atoms with van der Waals surface area (Å²) in [5.74, 6) is 8.83. The lowest BCUT2D eigenvalue weighted by molar-refractivity contribution is -0.136. The van der Waals surface area contributed by atoms with Gasteiger partial charge in [0.15, 0.2) is 0 Å². The second kappa shape index (κ2) is 4.08. The molecule has 1 N–H and O–H groups in total. The first-order valence-electron chi connectivity index (χ1n) is 7.40. The highest BCUT2D eigenvalue weighted by atomic mass is 16.3. The van der Waals surface area contributed by atoms with E-state index in [2.05, 4.69) is 16.8 Å². The number of aliphatic hydroxyl groups is 1. The molecule has 0 aromatic carbocycles. The van der Waals surface area contributed by atoms with Crippen LogP contribution in [0.5, 0.6) is 0 Å². The lowest BCUT2D eigenvalue weighted by Crippen LogP contribution is -2.56. The predicted octanol–water partition coefficient (Wildman–Crippen LogP) is 2.62. The van der Waals surface area contributed by atoms with Crippen LogP contribution in [0.2, 0.25) is 0 Å². The molecule has 19 heavy (non-hydrogen) atoms. The molecule has 0 radical (unpaired) electrons. The second-order valence-corrected chi connectivity index (χ2v) is 6.59. The van der Waals surface area contributed by atoms with Crippen molar-refractivity contribution >= 4 is 0 Å². The Balaban J connectivity index is 1.65. The van der Waals surface area contributed by atoms with Crippen LogP contribution < -0.4 is 0 Å². The van der Waals surface area contributed by atoms with Gasteiger partial charge in [0, 0.05) is 6.20 Å². The average molecular weight is 253 g/mol. The monoisotopic (exact) mass is 253 g/mol. The molecule has 1 aromatic rings. The summed E-state index contributed by atoms with van der Waals surface area (Å²) < 4.78 is 0. The van der Waals surface area contributed by atoms with E-state index in [0.29, 0.717) is 11.8 Å². The quantitative estimate of drug-likeness (QED) is 0.721. The van der Waals surface area contributed by atoms with Crippen molar-refractivity contribution in [1.29, 1.82) is 0 Å². The third-order valence-electron chi connectivity index (χ3n) is 5.44. The zero-order valence-electron chi connectivity index (χ0n) is 11.0. The van der Waals surface area contributed by atoms with Crippen molar-refractivity contribution in [3.63, 3.8) is 0 Å². The van der Waals surface area contributed by atoms with E-state index < -0.39 is 5.60 Å². The number of hydrogen-bond donors (Lipinski definition) is 1. The van der Waals surface area contributed by atoms with Crippen LogP contribution in [0, 0.1) is 35.5 Å². The van der Waals surface area contributed by atoms with Gasteiger partial charge in [-0.25, -0.2) is 4.98 Å². The molecule has 0 saturated heterocycles. The van der Waals surface area contributed by atoms with Crippen LogP contribution in [0.1, 0.15) is 37.8 Å². The Kier molecular flexibility index (Phi) is 2.47. The minimum Gasteiger partial charge on any atom is -0.377 e. The maximum absolute atomic E-state index is 11.0. The lowest BCUT2D eigenvalue weighted by atomic mass is 9.50. The van der Waals surface area contributed by atoms with Crippen LogP contribution >= 0.6 is 0 Å². The Bertz CT molecular complexity index is 511. The molecule has 4 fully saturated rings. The first-order chi connectivity index (χ1) is 9.24. The van der Waals surface area contributed by atoms with Gasteiger partial charge in [0.25, 0.3) is 0 Å². The second-order valence-electron chi connectivity index (χ2n) is 6.59. The van der Waals surface area contributed by atoms with E-state index in [-0.39, 0.29) is 0 Å². The standard InChI is InChI=1S/C17H19NO/c19-17(5-4-16-3-1-2-6-18-16)14-8-12-7-13(10-14)11-15(17)9-12/h1-3,6,12-15,19H,7-11H2. The van der Waals surface area contributed by atoms with Gasteiger partial charge in [-0.2, -0.15) is 0 Å². The molecule has 1 heterocycles. The molecule has 0 aliphatic heterocycles. The van der Waals surface area contributed by atoms with Gasteiger partial charge in [-0.3, -0.25) is 0 Å². The van der Waals surface area contributed by atoms with Gasteiger partial charge in [0.1, 0.15) is 11.3 Å². The van der Waals surface area contributed by atoms with E-state index >= 15 is 0 Å². The van der Waals surface area contributed by atoms with E-state index in [9.17, 15) is 5.11 Å². The van der Waals surface area contributed by atoms with E-state index in [1.165, 1.54) is 32.1 Å². The molecule has 0 spiro atoms. The molecule has 4 aliphatic carbocycles. The smallest absolute Gasteiger partial charge is 0.131 e. The first-order valence-corrected chi connectivity index (χ1v) is 7.40. The molecule has 0 atom stereocenters. The Morgan fingerprint density at radius 2 is 1.74 bits per heavy atom. The highest BCUT2D eigenvalue weighted by molar-refractivity contribution is 5.33. The SMILES string of the molecule is OC1(C#Cc2ccccn2)C2CC3CC(C2)CC1C3. The van der Waals surface area contributed by atoms with Gasteiger partial charge in [-0.15, -0.1) is 0 Å². The van der Waals surface area contributed by atoms with Gasteiger partial charge in [0.2, 0.25) is 0 Å². The van der Waals surface area contributed by atoms with Crippen LogP contribution in [0.4, 0.5) is 0 Å². The van der Waals surface area contributed by atoms with Gasteiger partial charge in [0.05, 0.1) is 0 Å². The van der Waals surface area contributed by atoms with Crippen LogP contribution in [0.15, 0.2) is 24.4 Å². The molecule has 98 valence electrons. The molecule has 2 nitrogen and oxygen atoms in total. The molecular weight excluding hydrogens is 234 g/mol. The summed E-state index contributed by atoms with van der Waals surface area (Å²) in [4.78, 5) is 4.23. The van der Waals surface area contributed by atoms with Crippen molar-refractivity contribution in [2.24, 2.45) is 23.7 Å². The normalized spacial score (nSPS) is 42.8. The van der Waals surface area contributed by atoms with Crippen molar-refractivity contribution in [3.05, 3.63) is 30.1 Å². The summed E-state index contributed by atoms with van der Waals surface area (Å²) in [7, 11) is 0. The van der Waals surface area contributed by atoms with Crippen molar-refractivity contribution in [2.45, 2.75) is 37.7 Å². The van der Waals surface area contributed by atoms with Gasteiger partial charge in [-0.05, 0) is 73.8 Å². The lowest BCUT2D eigenvalue weighted by Gasteiger charge is -2.56. The number of pyridine rings is 1. The van der Waals surface area contributed by atoms with Gasteiger partial charge >= 0.3 is 0 Å². The minimum atomic E-state index is -0.745. The van der Waals surface area contributed by atoms with E-state index in [0.717, 1.165) is 17.5 Å². The summed E-state index contributed by atoms with van der Waals surface area (Å²) in [6, 6.07) is 5.74. The molecule has 0 unspecified atom stereocenters. The van der Waals surface area contributed by atoms with E-state index in [1.807, 2.05) is 18.2 Å². The fraction of sp³-hybridized carbons (Fsp3) is 0.588. The van der Waals surface area contributed by atoms with E-state index in [1.54, 1.807) is 6.20 Å². The number of nitrogens with zero attached hydrogens (tertiary/aromatic N) is 1. The summed E-state index contributed by atoms with van der Waals surface area (Å²) in [6.45, 7) is 0. The van der Waals surface area contributed by atoms with E-state index in [4.69, 9.17) is 0 Å². The van der Waals surface area contributed by atoms with Crippen LogP contribution in [0.25, 0.3) is 0 Å². The molecule has 5 rings (SSSR count). The number of aromatic nitrogens is 1. The Hall–Kier alpha value is -1.33. The molecule has 4 bridgehead atoms. The van der Waals surface area contributed by atoms with Crippen LogP contribution in [-0.2, 0) is 0 Å². The molecule has 4 saturated carbocycles. The number of rotatable bonds is 0. The fourth-order valence-corrected chi connectivity index (χ4v) is 4.71. The summed E-state index contributed by atoms with van der Waals surface area (Å²) >= 11 is 0. The van der Waals surface area contributed by atoms with Crippen LogP contribution in [-0.4, -0.2) is 15.7 Å². The van der Waals surface area contributed by atoms with Crippen molar-refractivity contribution in [2.75, 3.05) is 0 Å². The number of hydrogen-bond acceptors (Lipinski definition) is 2. The maximum atomic E-state index is 11.0. The van der Waals surface area contributed by atoms with Gasteiger partial charge < -0.3 is 5.11 Å². The molecule has 0 amide bonds. The third-order valence-corrected chi connectivity index (χ3v) is 5.44. The Labute approximate surface area is 114 Å². The largest absolute Gasteiger partial charge is 0.377 e. The molecule has 4 aliphatic rings. The zero-order chi connectivity index (χ0) is 12.9. The first kappa shape index (κ1) is 11.5. The summed E-state index contributed by atoms with van der Waals surface area (Å²) in [5, 5.41) is 11.0. The van der Waals surface area contributed by atoms with Gasteiger partial charge in [-0.1, -0.05) is 12.0 Å². The van der Waals surface area contributed by atoms with Crippen molar-refractivity contribution in [3.8, 4) is 11.8 Å². The summed E-state index contributed by atoms with van der Waals surface area (Å²) in [6.07, 6.45) is 7.88. The van der Waals surface area contributed by atoms with Crippen LogP contribution in [0.3, 0.4) is 0 Å². The zero-order valence-corrected chi connectivity index (χ0v) is 11.0. The minimum absolute atomic E-state index is 0.403.